The fourth-order valence-corrected chi connectivity index (χ4v) is 3.12. The minimum Gasteiger partial charge on any atom is -0.497 e. The number of hydrogen-bond donors (Lipinski definition) is 3. The number of ether oxygens (including phenoxy) is 2. The first-order valence-electron chi connectivity index (χ1n) is 9.88. The van der Waals surface area contributed by atoms with E-state index in [9.17, 15) is 14.4 Å². The highest BCUT2D eigenvalue weighted by molar-refractivity contribution is 6.39. The summed E-state index contributed by atoms with van der Waals surface area (Å²) in [4.78, 5) is 36.6. The summed E-state index contributed by atoms with van der Waals surface area (Å²) in [6, 6.07) is 8.76. The Balaban J connectivity index is 1.95. The summed E-state index contributed by atoms with van der Waals surface area (Å²) in [6.07, 6.45) is -0.0433. The number of rotatable bonds is 7. The fourth-order valence-electron chi connectivity index (χ4n) is 3.12. The van der Waals surface area contributed by atoms with Crippen LogP contribution < -0.4 is 25.5 Å². The summed E-state index contributed by atoms with van der Waals surface area (Å²) in [6.45, 7) is 7.42. The molecule has 0 radical (unpaired) electrons. The minimum atomic E-state index is -0.986. The first kappa shape index (κ1) is 24.4. The molecule has 0 atom stereocenters. The quantitative estimate of drug-likeness (QED) is 0.347. The number of carbonyl (C=O) groups is 3. The number of anilines is 2. The van der Waals surface area contributed by atoms with E-state index in [2.05, 4.69) is 21.2 Å². The van der Waals surface area contributed by atoms with Crippen molar-refractivity contribution < 1.29 is 23.9 Å². The molecule has 0 spiro atoms. The molecule has 0 heterocycles. The van der Waals surface area contributed by atoms with Gasteiger partial charge in [-0.25, -0.2) is 5.43 Å². The van der Waals surface area contributed by atoms with E-state index in [-0.39, 0.29) is 18.0 Å². The molecule has 3 N–H and O–H groups in total. The number of amides is 3. The summed E-state index contributed by atoms with van der Waals surface area (Å²) < 4.78 is 10.3. The lowest BCUT2D eigenvalue weighted by Gasteiger charge is -2.13. The number of benzene rings is 2. The van der Waals surface area contributed by atoms with Crippen LogP contribution in [-0.2, 0) is 14.4 Å². The fraction of sp³-hybridized carbons (Fsp3) is 0.304. The van der Waals surface area contributed by atoms with Gasteiger partial charge >= 0.3 is 11.8 Å². The molecule has 0 aromatic heterocycles. The van der Waals surface area contributed by atoms with Crippen molar-refractivity contribution >= 4 is 34.8 Å². The summed E-state index contributed by atoms with van der Waals surface area (Å²) in [5.74, 6) is -1.35. The zero-order valence-corrected chi connectivity index (χ0v) is 19.1. The standard InChI is InChI=1S/C23H28N4O5/c1-13-9-14(2)21(15(3)10-13)25-20(28)11-16(4)26-27-23(30)22(29)24-18-12-17(31-5)7-8-19(18)32-6/h7-10,12H,11H2,1-6H3,(H,24,29)(H,25,28)(H,27,30)/b26-16-. The molecule has 0 saturated carbocycles. The van der Waals surface area contributed by atoms with Gasteiger partial charge in [-0.3, -0.25) is 14.4 Å². The predicted octanol–water partition coefficient (Wildman–Crippen LogP) is 3.09. The van der Waals surface area contributed by atoms with Crippen LogP contribution in [0.3, 0.4) is 0 Å². The van der Waals surface area contributed by atoms with Gasteiger partial charge in [0.1, 0.15) is 11.5 Å². The van der Waals surface area contributed by atoms with Crippen LogP contribution in [0.5, 0.6) is 11.5 Å². The number of nitrogens with one attached hydrogen (secondary N) is 3. The third-order valence-corrected chi connectivity index (χ3v) is 4.57. The smallest absolute Gasteiger partial charge is 0.329 e. The van der Waals surface area contributed by atoms with Crippen molar-refractivity contribution in [2.24, 2.45) is 5.10 Å². The first-order chi connectivity index (χ1) is 15.1. The molecule has 3 amide bonds. The third kappa shape index (κ3) is 6.56. The predicted molar refractivity (Wildman–Crippen MR) is 123 cm³/mol. The van der Waals surface area contributed by atoms with Crippen LogP contribution in [-0.4, -0.2) is 37.7 Å². The van der Waals surface area contributed by atoms with Gasteiger partial charge in [0.15, 0.2) is 0 Å². The van der Waals surface area contributed by atoms with Crippen molar-refractivity contribution in [1.29, 1.82) is 0 Å². The minimum absolute atomic E-state index is 0.0433. The molecule has 170 valence electrons. The second kappa shape index (κ2) is 10.9. The van der Waals surface area contributed by atoms with Crippen LogP contribution in [0.25, 0.3) is 0 Å². The third-order valence-electron chi connectivity index (χ3n) is 4.57. The number of hydrazone groups is 1. The lowest BCUT2D eigenvalue weighted by atomic mass is 10.0. The van der Waals surface area contributed by atoms with Crippen LogP contribution in [0.15, 0.2) is 35.4 Å². The number of methoxy groups -OCH3 is 2. The van der Waals surface area contributed by atoms with Crippen LogP contribution in [0, 0.1) is 20.8 Å². The van der Waals surface area contributed by atoms with E-state index >= 15 is 0 Å². The first-order valence-corrected chi connectivity index (χ1v) is 9.88. The summed E-state index contributed by atoms with van der Waals surface area (Å²) in [5, 5.41) is 9.15. The van der Waals surface area contributed by atoms with Gasteiger partial charge in [0.2, 0.25) is 5.91 Å². The molecule has 0 aliphatic carbocycles. The van der Waals surface area contributed by atoms with Crippen LogP contribution >= 0.6 is 0 Å². The average molecular weight is 441 g/mol. The summed E-state index contributed by atoms with van der Waals surface area (Å²) in [5.41, 5.74) is 6.56. The topological polar surface area (TPSA) is 118 Å². The Morgan fingerprint density at radius 1 is 0.906 bits per heavy atom. The van der Waals surface area contributed by atoms with Gasteiger partial charge in [-0.1, -0.05) is 17.7 Å². The maximum atomic E-state index is 12.4. The molecule has 0 aliphatic heterocycles. The summed E-state index contributed by atoms with van der Waals surface area (Å²) >= 11 is 0. The molecule has 9 heteroatoms. The Morgan fingerprint density at radius 3 is 2.16 bits per heavy atom. The maximum absolute atomic E-state index is 12.4. The molecule has 2 aromatic carbocycles. The Morgan fingerprint density at radius 2 is 1.56 bits per heavy atom. The summed E-state index contributed by atoms with van der Waals surface area (Å²) in [7, 11) is 2.92. The molecular formula is C23H28N4O5. The second-order valence-electron chi connectivity index (χ2n) is 7.31. The van der Waals surface area contributed by atoms with E-state index in [0.717, 1.165) is 22.4 Å². The maximum Gasteiger partial charge on any atom is 0.329 e. The van der Waals surface area contributed by atoms with Gasteiger partial charge in [-0.15, -0.1) is 0 Å². The van der Waals surface area contributed by atoms with Crippen LogP contribution in [0.1, 0.15) is 30.0 Å². The number of carbonyl (C=O) groups excluding carboxylic acids is 3. The van der Waals surface area contributed by atoms with Crippen LogP contribution in [0.4, 0.5) is 11.4 Å². The zero-order valence-electron chi connectivity index (χ0n) is 19.1. The van der Waals surface area contributed by atoms with E-state index in [1.807, 2.05) is 32.9 Å². The highest BCUT2D eigenvalue weighted by Crippen LogP contribution is 2.28. The van der Waals surface area contributed by atoms with Crippen molar-refractivity contribution in [2.75, 3.05) is 24.9 Å². The molecule has 0 saturated heterocycles. The van der Waals surface area contributed by atoms with Gasteiger partial charge in [0.05, 0.1) is 26.3 Å². The molecule has 2 rings (SSSR count). The molecule has 0 fully saturated rings. The Hall–Kier alpha value is -3.88. The van der Waals surface area contributed by atoms with E-state index in [1.165, 1.54) is 20.3 Å². The van der Waals surface area contributed by atoms with Gasteiger partial charge in [0.25, 0.3) is 0 Å². The molecule has 2 aromatic rings. The van der Waals surface area contributed by atoms with Crippen molar-refractivity contribution in [3.05, 3.63) is 47.0 Å². The van der Waals surface area contributed by atoms with Gasteiger partial charge in [-0.05, 0) is 51.0 Å². The molecule has 0 unspecified atom stereocenters. The Labute approximate surface area is 187 Å². The number of nitrogens with zero attached hydrogens (tertiary/aromatic N) is 1. The lowest BCUT2D eigenvalue weighted by molar-refractivity contribution is -0.136. The molecule has 0 bridgehead atoms. The Kier molecular flexibility index (Phi) is 8.34. The zero-order chi connectivity index (χ0) is 23.8. The van der Waals surface area contributed by atoms with Crippen LogP contribution in [0.2, 0.25) is 0 Å². The van der Waals surface area contributed by atoms with Gasteiger partial charge in [0, 0.05) is 17.5 Å². The molecular weight excluding hydrogens is 412 g/mol. The van der Waals surface area contributed by atoms with Crippen molar-refractivity contribution in [3.63, 3.8) is 0 Å². The Bertz CT molecular complexity index is 1040. The number of aryl methyl sites for hydroxylation is 3. The monoisotopic (exact) mass is 440 g/mol. The van der Waals surface area contributed by atoms with E-state index in [4.69, 9.17) is 9.47 Å². The average Bonchev–Trinajstić information content (AvgIpc) is 2.74. The van der Waals surface area contributed by atoms with Gasteiger partial charge < -0.3 is 20.1 Å². The lowest BCUT2D eigenvalue weighted by Crippen LogP contribution is -2.33. The second-order valence-corrected chi connectivity index (χ2v) is 7.31. The van der Waals surface area contributed by atoms with Crippen molar-refractivity contribution in [2.45, 2.75) is 34.1 Å². The van der Waals surface area contributed by atoms with Gasteiger partial charge in [-0.2, -0.15) is 5.10 Å². The van der Waals surface area contributed by atoms with E-state index < -0.39 is 11.8 Å². The van der Waals surface area contributed by atoms with E-state index in [1.54, 1.807) is 19.1 Å². The molecule has 9 nitrogen and oxygen atoms in total. The highest BCUT2D eigenvalue weighted by Gasteiger charge is 2.17. The number of hydrogen-bond acceptors (Lipinski definition) is 6. The highest BCUT2D eigenvalue weighted by atomic mass is 16.5. The van der Waals surface area contributed by atoms with Crippen molar-refractivity contribution in [3.8, 4) is 11.5 Å². The normalized spacial score (nSPS) is 10.9. The SMILES string of the molecule is COc1ccc(OC)c(NC(=O)C(=O)N/N=C(/C)CC(=O)Nc2c(C)cc(C)cc2C)c1. The molecule has 32 heavy (non-hydrogen) atoms. The molecule has 0 aliphatic rings. The van der Waals surface area contributed by atoms with Crippen molar-refractivity contribution in [1.82, 2.24) is 5.43 Å². The largest absolute Gasteiger partial charge is 0.497 e. The van der Waals surface area contributed by atoms with E-state index in [0.29, 0.717) is 17.2 Å².